The smallest absolute Gasteiger partial charge is 0.248 e. The van der Waals surface area contributed by atoms with Gasteiger partial charge in [0.05, 0.1) is 0 Å². The zero-order valence-electron chi connectivity index (χ0n) is 14.1. The van der Waals surface area contributed by atoms with Crippen LogP contribution in [0.2, 0.25) is 0 Å². The Labute approximate surface area is 140 Å². The van der Waals surface area contributed by atoms with Crippen LogP contribution in [0.3, 0.4) is 0 Å². The van der Waals surface area contributed by atoms with Gasteiger partial charge in [0.2, 0.25) is 11.9 Å². The second-order valence-electron chi connectivity index (χ2n) is 5.69. The van der Waals surface area contributed by atoms with Crippen LogP contribution >= 0.6 is 0 Å². The number of rotatable bonds is 4. The molecule has 0 unspecified atom stereocenters. The molecule has 3 aromatic rings. The van der Waals surface area contributed by atoms with Gasteiger partial charge in [-0.25, -0.2) is 9.97 Å². The molecule has 0 aliphatic rings. The van der Waals surface area contributed by atoms with Gasteiger partial charge in [0, 0.05) is 37.2 Å². The molecule has 2 aromatic heterocycles. The number of nitrogens with two attached hydrogens (primary N) is 1. The third kappa shape index (κ3) is 3.27. The Morgan fingerprint density at radius 3 is 2.38 bits per heavy atom. The van der Waals surface area contributed by atoms with Gasteiger partial charge in [-0.05, 0) is 38.1 Å². The van der Waals surface area contributed by atoms with Gasteiger partial charge < -0.3 is 16.0 Å². The minimum Gasteiger partial charge on any atom is -0.378 e. The van der Waals surface area contributed by atoms with Crippen LogP contribution in [-0.4, -0.2) is 38.8 Å². The third-order valence-electron chi connectivity index (χ3n) is 3.44. The highest BCUT2D eigenvalue weighted by atomic mass is 15.4. The molecule has 3 N–H and O–H groups in total. The fourth-order valence-electron chi connectivity index (χ4n) is 2.32. The SMILES string of the molecule is Cc1cc(-n2nc(Nc3ccc(N(C)C)cc3)nc2N)nc(C)n1. The molecule has 0 saturated carbocycles. The Kier molecular flexibility index (Phi) is 4.03. The molecule has 0 fully saturated rings. The lowest BCUT2D eigenvalue weighted by Crippen LogP contribution is -2.08. The van der Waals surface area contributed by atoms with Gasteiger partial charge in [0.25, 0.3) is 0 Å². The molecule has 2 heterocycles. The molecule has 124 valence electrons. The molecule has 1 aromatic carbocycles. The molecule has 0 aliphatic carbocycles. The van der Waals surface area contributed by atoms with E-state index in [1.165, 1.54) is 4.68 Å². The number of nitrogen functional groups attached to an aromatic ring is 1. The topological polar surface area (TPSA) is 97.8 Å². The summed E-state index contributed by atoms with van der Waals surface area (Å²) in [5.74, 6) is 1.94. The lowest BCUT2D eigenvalue weighted by molar-refractivity contribution is 0.832. The van der Waals surface area contributed by atoms with Crippen molar-refractivity contribution in [1.29, 1.82) is 0 Å². The van der Waals surface area contributed by atoms with Crippen LogP contribution in [0, 0.1) is 13.8 Å². The summed E-state index contributed by atoms with van der Waals surface area (Å²) in [5.41, 5.74) is 8.82. The second kappa shape index (κ2) is 6.15. The standard InChI is InChI=1S/C16H20N8/c1-10-9-14(19-11(2)18-10)24-15(17)21-16(22-24)20-12-5-7-13(8-6-12)23(3)4/h5-9H,1-4H3,(H3,17,20,21,22). The van der Waals surface area contributed by atoms with Crippen LogP contribution < -0.4 is 16.0 Å². The largest absolute Gasteiger partial charge is 0.378 e. The first-order valence-electron chi connectivity index (χ1n) is 7.52. The molecule has 0 spiro atoms. The van der Waals surface area contributed by atoms with Crippen molar-refractivity contribution in [3.63, 3.8) is 0 Å². The Balaban J connectivity index is 1.86. The highest BCUT2D eigenvalue weighted by molar-refractivity contribution is 5.59. The van der Waals surface area contributed by atoms with Crippen LogP contribution in [0.1, 0.15) is 11.5 Å². The van der Waals surface area contributed by atoms with E-state index in [0.717, 1.165) is 17.1 Å². The molecule has 8 nitrogen and oxygen atoms in total. The molecule has 0 bridgehead atoms. The van der Waals surface area contributed by atoms with Crippen molar-refractivity contribution >= 4 is 23.3 Å². The fourth-order valence-corrected chi connectivity index (χ4v) is 2.32. The first-order chi connectivity index (χ1) is 11.4. The molecular formula is C16H20N8. The second-order valence-corrected chi connectivity index (χ2v) is 5.69. The Morgan fingerprint density at radius 2 is 1.75 bits per heavy atom. The number of hydrogen-bond donors (Lipinski definition) is 2. The summed E-state index contributed by atoms with van der Waals surface area (Å²) in [4.78, 5) is 14.9. The molecule has 0 amide bonds. The van der Waals surface area contributed by atoms with E-state index < -0.39 is 0 Å². The van der Waals surface area contributed by atoms with Gasteiger partial charge in [-0.1, -0.05) is 0 Å². The maximum absolute atomic E-state index is 5.97. The van der Waals surface area contributed by atoms with Crippen molar-refractivity contribution in [3.8, 4) is 5.82 Å². The number of benzene rings is 1. The molecule has 0 saturated heterocycles. The predicted molar refractivity (Wildman–Crippen MR) is 94.9 cm³/mol. The van der Waals surface area contributed by atoms with Gasteiger partial charge in [-0.2, -0.15) is 9.67 Å². The molecule has 0 atom stereocenters. The lowest BCUT2D eigenvalue weighted by Gasteiger charge is -2.12. The summed E-state index contributed by atoms with van der Waals surface area (Å²) in [6, 6.07) is 9.77. The number of hydrogen-bond acceptors (Lipinski definition) is 7. The zero-order valence-corrected chi connectivity index (χ0v) is 14.1. The van der Waals surface area contributed by atoms with E-state index in [1.54, 1.807) is 0 Å². The number of nitrogens with zero attached hydrogens (tertiary/aromatic N) is 6. The Morgan fingerprint density at radius 1 is 1.04 bits per heavy atom. The van der Waals surface area contributed by atoms with Gasteiger partial charge in [0.15, 0.2) is 5.82 Å². The predicted octanol–water partition coefficient (Wildman–Crippen LogP) is 2.07. The van der Waals surface area contributed by atoms with E-state index in [4.69, 9.17) is 5.73 Å². The van der Waals surface area contributed by atoms with Crippen molar-refractivity contribution in [2.24, 2.45) is 0 Å². The van der Waals surface area contributed by atoms with Crippen molar-refractivity contribution < 1.29 is 0 Å². The normalized spacial score (nSPS) is 10.7. The molecular weight excluding hydrogens is 304 g/mol. The van der Waals surface area contributed by atoms with E-state index in [0.29, 0.717) is 17.6 Å². The van der Waals surface area contributed by atoms with Crippen LogP contribution in [0.4, 0.5) is 23.3 Å². The summed E-state index contributed by atoms with van der Waals surface area (Å²) in [6.45, 7) is 3.73. The quantitative estimate of drug-likeness (QED) is 0.758. The number of anilines is 4. The molecule has 0 aliphatic heterocycles. The fraction of sp³-hybridized carbons (Fsp3) is 0.250. The number of aromatic nitrogens is 5. The van der Waals surface area contributed by atoms with Crippen LogP contribution in [0.25, 0.3) is 5.82 Å². The number of nitrogens with one attached hydrogen (secondary N) is 1. The molecule has 3 rings (SSSR count). The Hall–Kier alpha value is -3.16. The lowest BCUT2D eigenvalue weighted by atomic mass is 10.2. The van der Waals surface area contributed by atoms with Crippen LogP contribution in [0.5, 0.6) is 0 Å². The third-order valence-corrected chi connectivity index (χ3v) is 3.44. The average Bonchev–Trinajstić information content (AvgIpc) is 2.87. The zero-order chi connectivity index (χ0) is 17.3. The summed E-state index contributed by atoms with van der Waals surface area (Å²) < 4.78 is 1.50. The van der Waals surface area contributed by atoms with Gasteiger partial charge in [0.1, 0.15) is 5.82 Å². The Bertz CT molecular complexity index is 831. The highest BCUT2D eigenvalue weighted by Gasteiger charge is 2.11. The van der Waals surface area contributed by atoms with Crippen molar-refractivity contribution in [2.45, 2.75) is 13.8 Å². The minimum atomic E-state index is 0.264. The van der Waals surface area contributed by atoms with E-state index in [2.05, 4.69) is 25.4 Å². The highest BCUT2D eigenvalue weighted by Crippen LogP contribution is 2.20. The summed E-state index contributed by atoms with van der Waals surface area (Å²) >= 11 is 0. The van der Waals surface area contributed by atoms with E-state index in [-0.39, 0.29) is 5.95 Å². The molecule has 0 radical (unpaired) electrons. The maximum Gasteiger partial charge on any atom is 0.248 e. The summed E-state index contributed by atoms with van der Waals surface area (Å²) in [6.07, 6.45) is 0. The van der Waals surface area contributed by atoms with Gasteiger partial charge in [-0.3, -0.25) is 0 Å². The van der Waals surface area contributed by atoms with E-state index >= 15 is 0 Å². The summed E-state index contributed by atoms with van der Waals surface area (Å²) in [7, 11) is 4.00. The first-order valence-corrected chi connectivity index (χ1v) is 7.52. The van der Waals surface area contributed by atoms with E-state index in [9.17, 15) is 0 Å². The van der Waals surface area contributed by atoms with Gasteiger partial charge >= 0.3 is 0 Å². The maximum atomic E-state index is 5.97. The minimum absolute atomic E-state index is 0.264. The van der Waals surface area contributed by atoms with E-state index in [1.807, 2.05) is 63.2 Å². The molecule has 24 heavy (non-hydrogen) atoms. The van der Waals surface area contributed by atoms with Crippen LogP contribution in [-0.2, 0) is 0 Å². The van der Waals surface area contributed by atoms with Crippen molar-refractivity contribution in [2.75, 3.05) is 30.0 Å². The van der Waals surface area contributed by atoms with Crippen LogP contribution in [0.15, 0.2) is 30.3 Å². The first kappa shape index (κ1) is 15.7. The van der Waals surface area contributed by atoms with Crippen molar-refractivity contribution in [1.82, 2.24) is 24.7 Å². The molecule has 8 heteroatoms. The average molecular weight is 324 g/mol. The monoisotopic (exact) mass is 324 g/mol. The number of aryl methyl sites for hydroxylation is 2. The van der Waals surface area contributed by atoms with Gasteiger partial charge in [-0.15, -0.1) is 5.10 Å². The van der Waals surface area contributed by atoms with Crippen molar-refractivity contribution in [3.05, 3.63) is 41.9 Å². The summed E-state index contributed by atoms with van der Waals surface area (Å²) in [5, 5.41) is 7.53.